The number of pyridine rings is 6. The summed E-state index contributed by atoms with van der Waals surface area (Å²) in [5.74, 6) is -8.60. The Kier molecular flexibility index (Phi) is 28.9. The van der Waals surface area contributed by atoms with E-state index < -0.39 is 81.2 Å². The number of nitrogens with zero attached hydrogens (tertiary/aromatic N) is 6. The zero-order valence-electron chi connectivity index (χ0n) is 64.8. The van der Waals surface area contributed by atoms with Crippen LogP contribution in [0.15, 0.2) is 329 Å². The Balaban J connectivity index is 0.000000133. The van der Waals surface area contributed by atoms with E-state index in [4.69, 9.17) is 24.1 Å². The number of phenolic OH excluding ortho intramolecular Hbond substituents is 1. The molecule has 9 heterocycles. The fourth-order valence-corrected chi connectivity index (χ4v) is 12.4. The van der Waals surface area contributed by atoms with E-state index in [2.05, 4.69) is 50.9 Å². The summed E-state index contributed by atoms with van der Waals surface area (Å²) in [6.45, 7) is 0.740. The zero-order valence-corrected chi connectivity index (χ0v) is 64.8. The van der Waals surface area contributed by atoms with E-state index >= 15 is 8.78 Å². The molecule has 9 aromatic carbocycles. The summed E-state index contributed by atoms with van der Waals surface area (Å²) in [4.78, 5) is 45.2. The minimum absolute atomic E-state index is 0.0271. The lowest BCUT2D eigenvalue weighted by molar-refractivity contribution is 0.111. The third-order valence-corrected chi connectivity index (χ3v) is 18.7. The van der Waals surface area contributed by atoms with Gasteiger partial charge in [-0.15, -0.1) is 0 Å². The second-order valence-corrected chi connectivity index (χ2v) is 27.0. The summed E-state index contributed by atoms with van der Waals surface area (Å²) >= 11 is 0. The molecule has 5 N–H and O–H groups in total. The van der Waals surface area contributed by atoms with Gasteiger partial charge in [0.1, 0.15) is 78.6 Å². The maximum absolute atomic E-state index is 15.3. The van der Waals surface area contributed by atoms with Crippen molar-refractivity contribution in [3.63, 3.8) is 0 Å². The van der Waals surface area contributed by atoms with Crippen LogP contribution in [0.4, 0.5) is 43.9 Å². The van der Waals surface area contributed by atoms with Gasteiger partial charge >= 0.3 is 0 Å². The molecule has 0 saturated heterocycles. The molecule has 0 fully saturated rings. The van der Waals surface area contributed by atoms with E-state index in [1.165, 1.54) is 42.6 Å². The van der Waals surface area contributed by atoms with Gasteiger partial charge in [-0.05, 0) is 131 Å². The molecule has 0 radical (unpaired) electrons. The number of phenols is 1. The van der Waals surface area contributed by atoms with Gasteiger partial charge in [-0.25, -0.2) is 58.9 Å². The number of carbonyl (C=O) groups is 1. The van der Waals surface area contributed by atoms with Gasteiger partial charge in [-0.3, -0.25) is 19.7 Å². The highest BCUT2D eigenvalue weighted by atomic mass is 19.2. The highest BCUT2D eigenvalue weighted by Gasteiger charge is 2.27. The largest absolute Gasteiger partial charge is 0.505 e. The van der Waals surface area contributed by atoms with Gasteiger partial charge in [0, 0.05) is 154 Å². The molecule has 123 heavy (non-hydrogen) atoms. The molecule has 16 nitrogen and oxygen atoms in total. The number of H-pyrrole nitrogens is 3. The van der Waals surface area contributed by atoms with E-state index in [9.17, 15) is 45.0 Å². The van der Waals surface area contributed by atoms with Crippen LogP contribution in [0.5, 0.6) is 28.7 Å². The molecule has 0 aliphatic carbocycles. The van der Waals surface area contributed by atoms with Gasteiger partial charge in [-0.1, -0.05) is 140 Å². The normalized spacial score (nSPS) is 10.9. The standard InChI is InChI=1S/C26H19F2N3O2.C26H19F2N3O.C14H10F2O2.C13H10F2O.C12H9N3.C6H4F2O/c27-21-8-9-22(33-15-16-5-2-1-3-6-16)24(28)23(21)25(32)20-14-31-26-19(20)11-18(13-30-26)17-7-4-10-29-12-17;27-23-8-9-24(32-16-17-5-2-1-3-6-17)25(28)22(23)12-20-15-31-26-21(20)11-19(14-30-26)18-7-4-10-29-13-18;15-12-6-7-13(14(16)11(12)8-17)18-9-10-4-2-1-3-5-10;14-11-6-7-13(12(15)8-11)16-9-10-4-2-1-3-5-10;1-2-10(7-13-4-1)11-6-9-3-5-14-12(9)15-8-11;7-4-1-2-6(9)5(8)3-4/h1-14,25,32H,15H2,(H,30,31);1-11,13-15H,12,16H2,(H,30,31);1-8H,9H2;1-8H,9H2;1-8H,(H,14,15);1-3,9H. The quantitative estimate of drug-likeness (QED) is 0.0355. The molecular weight excluding hydrogens is 1590 g/mol. The van der Waals surface area contributed by atoms with Gasteiger partial charge in [0.2, 0.25) is 0 Å². The molecule has 0 amide bonds. The number of aromatic nitrogens is 9. The van der Waals surface area contributed by atoms with Crippen LogP contribution in [0.1, 0.15) is 61.0 Å². The van der Waals surface area contributed by atoms with Gasteiger partial charge in [0.15, 0.2) is 64.1 Å². The minimum Gasteiger partial charge on any atom is -0.505 e. The molecule has 18 aromatic rings. The topological polar surface area (TPSA) is 219 Å². The van der Waals surface area contributed by atoms with Crippen molar-refractivity contribution in [2.75, 3.05) is 0 Å². The Morgan fingerprint density at radius 1 is 0.366 bits per heavy atom. The van der Waals surface area contributed by atoms with Crippen molar-refractivity contribution in [3.8, 4) is 62.1 Å². The first-order chi connectivity index (χ1) is 59.9. The third kappa shape index (κ3) is 22.6. The highest BCUT2D eigenvalue weighted by Crippen LogP contribution is 2.38. The Labute approximate surface area is 697 Å². The molecule has 0 saturated carbocycles. The number of benzene rings is 9. The second kappa shape index (κ2) is 41.7. The van der Waals surface area contributed by atoms with Crippen LogP contribution in [-0.2, 0) is 32.8 Å². The number of aliphatic hydroxyl groups excluding tert-OH is 1. The van der Waals surface area contributed by atoms with Crippen LogP contribution >= 0.6 is 0 Å². The minimum atomic E-state index is -1.56. The number of aliphatic hydroxyl groups is 1. The number of aldehydes is 1. The maximum Gasteiger partial charge on any atom is 0.178 e. The number of carbonyl (C=O) groups excluding carboxylic acids is 1. The number of fused-ring (bicyclic) bond motifs is 3. The van der Waals surface area contributed by atoms with Gasteiger partial charge in [0.25, 0.3) is 0 Å². The number of nitrogens with one attached hydrogen (secondary N) is 3. The number of aromatic hydroxyl groups is 1. The van der Waals surface area contributed by atoms with Crippen LogP contribution in [0, 0.1) is 58.2 Å². The molecule has 0 spiro atoms. The molecule has 1 atom stereocenters. The zero-order chi connectivity index (χ0) is 86.0. The smallest absolute Gasteiger partial charge is 0.178 e. The van der Waals surface area contributed by atoms with E-state index in [1.54, 1.807) is 61.7 Å². The lowest BCUT2D eigenvalue weighted by atomic mass is 9.99. The highest BCUT2D eigenvalue weighted by molar-refractivity contribution is 5.87. The van der Waals surface area contributed by atoms with Crippen LogP contribution in [0.2, 0.25) is 0 Å². The Hall–Kier alpha value is -15.6. The van der Waals surface area contributed by atoms with Crippen molar-refractivity contribution < 1.29 is 77.9 Å². The first-order valence-corrected chi connectivity index (χ1v) is 37.8. The molecule has 18 rings (SSSR count). The van der Waals surface area contributed by atoms with Crippen molar-refractivity contribution in [1.29, 1.82) is 0 Å². The number of ether oxygens (including phenoxy) is 4. The molecular formula is C97H71F10N9O7. The van der Waals surface area contributed by atoms with Gasteiger partial charge < -0.3 is 44.1 Å². The summed E-state index contributed by atoms with van der Waals surface area (Å²) in [5.41, 5.74) is 11.1. The molecule has 0 bridgehead atoms. The summed E-state index contributed by atoms with van der Waals surface area (Å²) in [5, 5.41) is 22.0. The predicted octanol–water partition coefficient (Wildman–Crippen LogP) is 22.8. The first-order valence-electron chi connectivity index (χ1n) is 37.8. The molecule has 616 valence electrons. The first kappa shape index (κ1) is 85.3. The summed E-state index contributed by atoms with van der Waals surface area (Å²) < 4.78 is 158. The van der Waals surface area contributed by atoms with Crippen LogP contribution in [-0.4, -0.2) is 61.4 Å². The molecule has 26 heteroatoms. The fraction of sp³-hybridized carbons (Fsp3) is 0.0619. The van der Waals surface area contributed by atoms with Crippen molar-refractivity contribution >= 4 is 39.4 Å². The predicted molar refractivity (Wildman–Crippen MR) is 447 cm³/mol. The summed E-state index contributed by atoms with van der Waals surface area (Å²) in [7, 11) is 0. The fourth-order valence-electron chi connectivity index (χ4n) is 12.4. The molecule has 1 unspecified atom stereocenters. The van der Waals surface area contributed by atoms with E-state index in [-0.39, 0.29) is 67.7 Å². The van der Waals surface area contributed by atoms with E-state index in [0.29, 0.717) is 28.3 Å². The maximum atomic E-state index is 15.3. The SMILES string of the molecule is Fc1ccc(OCc2ccccc2)c(F)c1.Fc1ccc(OCc2ccccc2)c(F)c1Cc1c[nH]c2ncc(-c3cccnc3)cc12.O=Cc1c(F)ccc(OCc2ccccc2)c1F.OC(c1c(F)ccc(OCc2ccccc2)c1F)c1c[nH]c2ncc(-c3cccnc3)cc12.Oc1ccc(F)cc1F.c1cncc(-c2cnc3[nH]ccc3c2)c1. The Morgan fingerprint density at radius 2 is 0.797 bits per heavy atom. The molecule has 0 aliphatic heterocycles. The summed E-state index contributed by atoms with van der Waals surface area (Å²) in [6, 6.07) is 69.5. The van der Waals surface area contributed by atoms with Crippen molar-refractivity contribution in [3.05, 3.63) is 437 Å². The van der Waals surface area contributed by atoms with Crippen LogP contribution < -0.4 is 18.9 Å². The van der Waals surface area contributed by atoms with E-state index in [1.807, 2.05) is 182 Å². The average molecular weight is 1660 g/mol. The number of aromatic amines is 3. The van der Waals surface area contributed by atoms with Crippen molar-refractivity contribution in [1.82, 2.24) is 44.9 Å². The molecule has 9 aromatic heterocycles. The Bertz CT molecular complexity index is 6510. The Morgan fingerprint density at radius 3 is 1.28 bits per heavy atom. The lowest BCUT2D eigenvalue weighted by Crippen LogP contribution is -2.08. The summed E-state index contributed by atoms with van der Waals surface area (Å²) in [6.07, 6.45) is 19.5. The van der Waals surface area contributed by atoms with E-state index in [0.717, 1.165) is 108 Å². The number of hydrogen-bond donors (Lipinski definition) is 5. The monoisotopic (exact) mass is 1660 g/mol. The third-order valence-electron chi connectivity index (χ3n) is 18.7. The number of hydrogen-bond acceptors (Lipinski definition) is 13. The molecule has 0 aliphatic rings. The van der Waals surface area contributed by atoms with Crippen LogP contribution in [0.3, 0.4) is 0 Å². The lowest BCUT2D eigenvalue weighted by Gasteiger charge is -2.16. The number of rotatable bonds is 20. The van der Waals surface area contributed by atoms with Gasteiger partial charge in [-0.2, -0.15) is 0 Å². The number of halogens is 10. The van der Waals surface area contributed by atoms with Gasteiger partial charge in [0.05, 0.1) is 11.1 Å². The van der Waals surface area contributed by atoms with Crippen molar-refractivity contribution in [2.45, 2.75) is 39.0 Å². The van der Waals surface area contributed by atoms with Crippen molar-refractivity contribution in [2.24, 2.45) is 0 Å². The average Bonchev–Trinajstić information content (AvgIpc) is 1.70. The second-order valence-electron chi connectivity index (χ2n) is 27.0. The van der Waals surface area contributed by atoms with Crippen LogP contribution in [0.25, 0.3) is 66.5 Å².